The first-order valence-electron chi connectivity index (χ1n) is 8.21. The molecule has 1 fully saturated rings. The standard InChI is InChI=1S/C17H18F4N2O4/c18-12-5-3-10(4-6-12)15(25)23-7-1-2-11(9-23)14(24)22-13(16(26)27)8-17(19,20)21/h3-6,11,13H,1-2,7-9H2,(H,22,24)(H,26,27). The molecule has 0 aliphatic carbocycles. The molecule has 0 radical (unpaired) electrons. The van der Waals surface area contributed by atoms with Crippen LogP contribution in [0.4, 0.5) is 17.6 Å². The zero-order valence-electron chi connectivity index (χ0n) is 14.1. The number of amides is 2. The summed E-state index contributed by atoms with van der Waals surface area (Å²) < 4.78 is 50.3. The smallest absolute Gasteiger partial charge is 0.391 e. The molecule has 1 heterocycles. The minimum atomic E-state index is -4.74. The molecule has 2 N–H and O–H groups in total. The fraction of sp³-hybridized carbons (Fsp3) is 0.471. The first-order valence-corrected chi connectivity index (χ1v) is 8.21. The third-order valence-electron chi connectivity index (χ3n) is 4.22. The van der Waals surface area contributed by atoms with E-state index in [1.54, 1.807) is 0 Å². The fourth-order valence-electron chi connectivity index (χ4n) is 2.87. The lowest BCUT2D eigenvalue weighted by Crippen LogP contribution is -2.50. The molecule has 148 valence electrons. The molecule has 0 saturated carbocycles. The van der Waals surface area contributed by atoms with E-state index in [9.17, 15) is 31.9 Å². The van der Waals surface area contributed by atoms with Gasteiger partial charge >= 0.3 is 12.1 Å². The lowest BCUT2D eigenvalue weighted by Gasteiger charge is -2.32. The number of nitrogens with zero attached hydrogens (tertiary/aromatic N) is 1. The number of hydrogen-bond donors (Lipinski definition) is 2. The third kappa shape index (κ3) is 5.93. The Labute approximate surface area is 152 Å². The highest BCUT2D eigenvalue weighted by atomic mass is 19.4. The zero-order valence-corrected chi connectivity index (χ0v) is 14.1. The number of benzene rings is 1. The Bertz CT molecular complexity index is 706. The van der Waals surface area contributed by atoms with Gasteiger partial charge in [0.1, 0.15) is 11.9 Å². The lowest BCUT2D eigenvalue weighted by molar-refractivity contribution is -0.160. The summed E-state index contributed by atoms with van der Waals surface area (Å²) in [7, 11) is 0. The van der Waals surface area contributed by atoms with Gasteiger partial charge in [0.25, 0.3) is 5.91 Å². The number of rotatable bonds is 5. The van der Waals surface area contributed by atoms with E-state index in [-0.39, 0.29) is 12.1 Å². The van der Waals surface area contributed by atoms with Crippen molar-refractivity contribution in [1.29, 1.82) is 0 Å². The molecule has 2 rings (SSSR count). The molecule has 2 unspecified atom stereocenters. The highest BCUT2D eigenvalue weighted by Crippen LogP contribution is 2.23. The van der Waals surface area contributed by atoms with Crippen molar-refractivity contribution in [3.8, 4) is 0 Å². The van der Waals surface area contributed by atoms with Gasteiger partial charge in [-0.1, -0.05) is 0 Å². The summed E-state index contributed by atoms with van der Waals surface area (Å²) in [5.41, 5.74) is 0.220. The third-order valence-corrected chi connectivity index (χ3v) is 4.22. The average Bonchev–Trinajstić information content (AvgIpc) is 2.60. The molecular formula is C17H18F4N2O4. The lowest BCUT2D eigenvalue weighted by atomic mass is 9.96. The molecule has 1 aromatic rings. The monoisotopic (exact) mass is 390 g/mol. The molecule has 1 aromatic carbocycles. The Morgan fingerprint density at radius 1 is 1.22 bits per heavy atom. The number of hydrogen-bond acceptors (Lipinski definition) is 3. The number of nitrogens with one attached hydrogen (secondary N) is 1. The number of carboxylic acid groups (broad SMARTS) is 1. The molecule has 27 heavy (non-hydrogen) atoms. The van der Waals surface area contributed by atoms with Gasteiger partial charge in [-0.15, -0.1) is 0 Å². The van der Waals surface area contributed by atoms with Crippen LogP contribution in [0.1, 0.15) is 29.6 Å². The Balaban J connectivity index is 2.01. The van der Waals surface area contributed by atoms with Crippen LogP contribution in [0.2, 0.25) is 0 Å². The summed E-state index contributed by atoms with van der Waals surface area (Å²) in [5, 5.41) is 10.8. The van der Waals surface area contributed by atoms with Gasteiger partial charge in [0.2, 0.25) is 5.91 Å². The molecule has 0 spiro atoms. The quantitative estimate of drug-likeness (QED) is 0.755. The Morgan fingerprint density at radius 3 is 2.41 bits per heavy atom. The maximum absolute atomic E-state index is 13.0. The van der Waals surface area contributed by atoms with E-state index in [4.69, 9.17) is 5.11 Å². The maximum atomic E-state index is 13.0. The molecule has 0 bridgehead atoms. The van der Waals surface area contributed by atoms with Gasteiger partial charge in [-0.05, 0) is 37.1 Å². The molecule has 6 nitrogen and oxygen atoms in total. The van der Waals surface area contributed by atoms with Crippen molar-refractivity contribution in [2.45, 2.75) is 31.5 Å². The van der Waals surface area contributed by atoms with Gasteiger partial charge in [0, 0.05) is 18.7 Å². The van der Waals surface area contributed by atoms with E-state index in [0.29, 0.717) is 19.4 Å². The topological polar surface area (TPSA) is 86.7 Å². The number of carbonyl (C=O) groups excluding carboxylic acids is 2. The number of likely N-dealkylation sites (tertiary alicyclic amines) is 1. The number of piperidine rings is 1. The van der Waals surface area contributed by atoms with Crippen LogP contribution in [0.15, 0.2) is 24.3 Å². The van der Waals surface area contributed by atoms with Crippen LogP contribution < -0.4 is 5.32 Å². The summed E-state index contributed by atoms with van der Waals surface area (Å²) in [6, 6.07) is 2.75. The molecule has 1 aliphatic heterocycles. The summed E-state index contributed by atoms with van der Waals surface area (Å²) in [4.78, 5) is 37.0. The van der Waals surface area contributed by atoms with Crippen LogP contribution in [0.25, 0.3) is 0 Å². The molecule has 10 heteroatoms. The molecule has 0 aromatic heterocycles. The Hall–Kier alpha value is -2.65. The predicted molar refractivity (Wildman–Crippen MR) is 85.3 cm³/mol. The Morgan fingerprint density at radius 2 is 1.85 bits per heavy atom. The van der Waals surface area contributed by atoms with E-state index < -0.39 is 48.2 Å². The number of carboxylic acids is 1. The van der Waals surface area contributed by atoms with Crippen molar-refractivity contribution in [2.75, 3.05) is 13.1 Å². The van der Waals surface area contributed by atoms with Crippen LogP contribution >= 0.6 is 0 Å². The van der Waals surface area contributed by atoms with E-state index in [0.717, 1.165) is 12.1 Å². The average molecular weight is 390 g/mol. The minimum absolute atomic E-state index is 0.0552. The summed E-state index contributed by atoms with van der Waals surface area (Å²) >= 11 is 0. The molecule has 2 atom stereocenters. The second kappa shape index (κ2) is 8.36. The van der Waals surface area contributed by atoms with Crippen molar-refractivity contribution in [3.63, 3.8) is 0 Å². The molecular weight excluding hydrogens is 372 g/mol. The minimum Gasteiger partial charge on any atom is -0.480 e. The van der Waals surface area contributed by atoms with Crippen molar-refractivity contribution in [3.05, 3.63) is 35.6 Å². The first-order chi connectivity index (χ1) is 12.6. The number of alkyl halides is 3. The number of aliphatic carboxylic acids is 1. The second-order valence-corrected chi connectivity index (χ2v) is 6.32. The summed E-state index contributed by atoms with van der Waals surface area (Å²) in [6.45, 7) is 0.283. The van der Waals surface area contributed by atoms with Gasteiger partial charge in [0.15, 0.2) is 0 Å². The summed E-state index contributed by atoms with van der Waals surface area (Å²) in [5.74, 6) is -4.39. The predicted octanol–water partition coefficient (Wildman–Crippen LogP) is 2.20. The van der Waals surface area contributed by atoms with Gasteiger partial charge in [-0.25, -0.2) is 9.18 Å². The van der Waals surface area contributed by atoms with Gasteiger partial charge < -0.3 is 15.3 Å². The fourth-order valence-corrected chi connectivity index (χ4v) is 2.87. The zero-order chi connectivity index (χ0) is 20.2. The van der Waals surface area contributed by atoms with E-state index in [2.05, 4.69) is 0 Å². The first kappa shape index (κ1) is 20.7. The van der Waals surface area contributed by atoms with Crippen LogP contribution in [0.3, 0.4) is 0 Å². The van der Waals surface area contributed by atoms with E-state index in [1.807, 2.05) is 5.32 Å². The number of carbonyl (C=O) groups is 3. The van der Waals surface area contributed by atoms with Gasteiger partial charge in [-0.3, -0.25) is 9.59 Å². The summed E-state index contributed by atoms with van der Waals surface area (Å²) in [6.07, 6.45) is -5.67. The van der Waals surface area contributed by atoms with Gasteiger partial charge in [-0.2, -0.15) is 13.2 Å². The normalized spacial score (nSPS) is 18.7. The second-order valence-electron chi connectivity index (χ2n) is 6.32. The molecule has 1 aliphatic rings. The van der Waals surface area contributed by atoms with Gasteiger partial charge in [0.05, 0.1) is 12.3 Å². The largest absolute Gasteiger partial charge is 0.480 e. The van der Waals surface area contributed by atoms with Crippen LogP contribution in [-0.2, 0) is 9.59 Å². The maximum Gasteiger partial charge on any atom is 0.391 e. The molecule has 1 saturated heterocycles. The van der Waals surface area contributed by atoms with Crippen LogP contribution in [-0.4, -0.2) is 53.1 Å². The Kier molecular flexibility index (Phi) is 6.40. The van der Waals surface area contributed by atoms with Crippen molar-refractivity contribution < 1.29 is 37.1 Å². The highest BCUT2D eigenvalue weighted by molar-refractivity contribution is 5.94. The number of halogens is 4. The van der Waals surface area contributed by atoms with Crippen molar-refractivity contribution in [2.24, 2.45) is 5.92 Å². The highest BCUT2D eigenvalue weighted by Gasteiger charge is 2.38. The van der Waals surface area contributed by atoms with Crippen molar-refractivity contribution >= 4 is 17.8 Å². The van der Waals surface area contributed by atoms with Crippen LogP contribution in [0, 0.1) is 11.7 Å². The van der Waals surface area contributed by atoms with E-state index >= 15 is 0 Å². The SMILES string of the molecule is O=C(NC(CC(F)(F)F)C(=O)O)C1CCCN(C(=O)c2ccc(F)cc2)C1. The van der Waals surface area contributed by atoms with Crippen LogP contribution in [0.5, 0.6) is 0 Å². The molecule has 2 amide bonds. The van der Waals surface area contributed by atoms with Crippen molar-refractivity contribution in [1.82, 2.24) is 10.2 Å². The van der Waals surface area contributed by atoms with E-state index in [1.165, 1.54) is 17.0 Å².